The molecule has 2 aromatic carbocycles. The summed E-state index contributed by atoms with van der Waals surface area (Å²) in [6, 6.07) is 13.9. The predicted octanol–water partition coefficient (Wildman–Crippen LogP) is 2.92. The van der Waals surface area contributed by atoms with Crippen LogP contribution in [0, 0.1) is 0 Å². The van der Waals surface area contributed by atoms with Gasteiger partial charge in [0.25, 0.3) is 0 Å². The molecule has 3 rings (SSSR count). The Morgan fingerprint density at radius 1 is 1.06 bits per heavy atom. The van der Waals surface area contributed by atoms with Gasteiger partial charge in [0.1, 0.15) is 6.61 Å². The summed E-state index contributed by atoms with van der Waals surface area (Å²) in [6.07, 6.45) is 0. The van der Waals surface area contributed by atoms with Crippen molar-refractivity contribution < 1.29 is 23.8 Å². The molecule has 1 amide bonds. The van der Waals surface area contributed by atoms with Crippen LogP contribution in [0.5, 0.6) is 11.5 Å². The maximum absolute atomic E-state index is 12.3. The Morgan fingerprint density at radius 2 is 1.84 bits per heavy atom. The summed E-state index contributed by atoms with van der Waals surface area (Å²) in [4.78, 5) is 23.9. The summed E-state index contributed by atoms with van der Waals surface area (Å²) in [7, 11) is 4.69. The fourth-order valence-electron chi connectivity index (χ4n) is 2.65. The van der Waals surface area contributed by atoms with E-state index in [1.54, 1.807) is 43.0 Å². The summed E-state index contributed by atoms with van der Waals surface area (Å²) in [6.45, 7) is 0.205. The summed E-state index contributed by atoms with van der Waals surface area (Å²) in [5.74, 6) is 1.28. The molecule has 0 aliphatic carbocycles. The lowest BCUT2D eigenvalue weighted by molar-refractivity contribution is -0.113. The molecule has 0 aliphatic heterocycles. The summed E-state index contributed by atoms with van der Waals surface area (Å²) >= 11 is 1.24. The molecule has 0 fully saturated rings. The highest BCUT2D eigenvalue weighted by atomic mass is 32.2. The number of ether oxygens (including phenoxy) is 3. The van der Waals surface area contributed by atoms with E-state index in [1.807, 2.05) is 24.3 Å². The number of nitrogens with one attached hydrogen (secondary N) is 1. The first-order chi connectivity index (χ1) is 15.0. The van der Waals surface area contributed by atoms with Crippen molar-refractivity contribution in [1.29, 1.82) is 0 Å². The van der Waals surface area contributed by atoms with Crippen molar-refractivity contribution >= 4 is 29.3 Å². The second-order valence-corrected chi connectivity index (χ2v) is 7.25. The van der Waals surface area contributed by atoms with Crippen molar-refractivity contribution in [2.24, 2.45) is 7.05 Å². The number of para-hydroxylation sites is 2. The van der Waals surface area contributed by atoms with Crippen molar-refractivity contribution in [1.82, 2.24) is 14.8 Å². The first-order valence-corrected chi connectivity index (χ1v) is 10.3. The maximum atomic E-state index is 12.3. The van der Waals surface area contributed by atoms with Crippen LogP contribution in [0.3, 0.4) is 0 Å². The number of rotatable bonds is 9. The van der Waals surface area contributed by atoms with Gasteiger partial charge in [0.15, 0.2) is 22.5 Å². The van der Waals surface area contributed by atoms with Gasteiger partial charge in [-0.15, -0.1) is 10.2 Å². The highest BCUT2D eigenvalue weighted by molar-refractivity contribution is 7.99. The summed E-state index contributed by atoms with van der Waals surface area (Å²) < 4.78 is 17.5. The molecule has 0 atom stereocenters. The van der Waals surface area contributed by atoms with E-state index in [4.69, 9.17) is 9.47 Å². The van der Waals surface area contributed by atoms with Gasteiger partial charge in [0, 0.05) is 12.7 Å². The Labute approximate surface area is 183 Å². The second kappa shape index (κ2) is 10.5. The van der Waals surface area contributed by atoms with Gasteiger partial charge in [0.05, 0.1) is 25.5 Å². The van der Waals surface area contributed by atoms with Gasteiger partial charge in [-0.25, -0.2) is 4.79 Å². The summed E-state index contributed by atoms with van der Waals surface area (Å²) in [5.41, 5.74) is 0.873. The molecule has 1 aromatic heterocycles. The highest BCUT2D eigenvalue weighted by Gasteiger charge is 2.14. The smallest absolute Gasteiger partial charge is 0.337 e. The van der Waals surface area contributed by atoms with E-state index in [0.717, 1.165) is 0 Å². The molecule has 3 aromatic rings. The number of anilines is 1. The van der Waals surface area contributed by atoms with Crippen LogP contribution in [0.15, 0.2) is 53.7 Å². The summed E-state index contributed by atoms with van der Waals surface area (Å²) in [5, 5.41) is 11.6. The molecule has 0 bridgehead atoms. The van der Waals surface area contributed by atoms with Crippen LogP contribution in [0.1, 0.15) is 16.2 Å². The van der Waals surface area contributed by atoms with Crippen LogP contribution >= 0.6 is 11.8 Å². The fourth-order valence-corrected chi connectivity index (χ4v) is 3.38. The molecule has 1 N–H and O–H groups in total. The third kappa shape index (κ3) is 5.76. The van der Waals surface area contributed by atoms with Crippen molar-refractivity contribution in [3.8, 4) is 11.5 Å². The van der Waals surface area contributed by atoms with Gasteiger partial charge >= 0.3 is 5.97 Å². The zero-order chi connectivity index (χ0) is 22.2. The van der Waals surface area contributed by atoms with E-state index in [1.165, 1.54) is 18.9 Å². The van der Waals surface area contributed by atoms with E-state index < -0.39 is 5.97 Å². The van der Waals surface area contributed by atoms with E-state index in [2.05, 4.69) is 20.3 Å². The first kappa shape index (κ1) is 22.2. The van der Waals surface area contributed by atoms with Crippen LogP contribution in [-0.4, -0.2) is 46.6 Å². The minimum Gasteiger partial charge on any atom is -0.493 e. The fraction of sp³-hybridized carbons (Fsp3) is 0.238. The monoisotopic (exact) mass is 442 g/mol. The molecule has 0 saturated carbocycles. The second-order valence-electron chi connectivity index (χ2n) is 6.31. The molecule has 10 heteroatoms. The first-order valence-electron chi connectivity index (χ1n) is 9.27. The third-order valence-corrected chi connectivity index (χ3v) is 5.27. The van der Waals surface area contributed by atoms with Crippen molar-refractivity contribution in [3.05, 3.63) is 59.9 Å². The number of aromatic nitrogens is 3. The number of thioether (sulfide) groups is 1. The molecular formula is C21H22N4O5S. The van der Waals surface area contributed by atoms with E-state index in [9.17, 15) is 9.59 Å². The molecule has 0 saturated heterocycles. The molecule has 0 aliphatic rings. The van der Waals surface area contributed by atoms with Crippen LogP contribution < -0.4 is 14.8 Å². The van der Waals surface area contributed by atoms with Crippen LogP contribution in [0.2, 0.25) is 0 Å². The minimum absolute atomic E-state index is 0.127. The van der Waals surface area contributed by atoms with E-state index >= 15 is 0 Å². The molecule has 9 nitrogen and oxygen atoms in total. The SMILES string of the molecule is COC(=O)c1cccc(NC(=O)CSc2nnc(COc3ccccc3OC)n2C)c1. The molecule has 0 radical (unpaired) electrons. The topological polar surface area (TPSA) is 105 Å². The Balaban J connectivity index is 1.55. The number of amides is 1. The molecule has 0 unspecified atom stereocenters. The normalized spacial score (nSPS) is 10.4. The quantitative estimate of drug-likeness (QED) is 0.398. The zero-order valence-electron chi connectivity index (χ0n) is 17.3. The Hall–Kier alpha value is -3.53. The Morgan fingerprint density at radius 3 is 2.58 bits per heavy atom. The number of methoxy groups -OCH3 is 2. The molecule has 162 valence electrons. The van der Waals surface area contributed by atoms with Crippen molar-refractivity contribution in [3.63, 3.8) is 0 Å². The molecule has 1 heterocycles. The van der Waals surface area contributed by atoms with Crippen LogP contribution in [-0.2, 0) is 23.2 Å². The lowest BCUT2D eigenvalue weighted by Gasteiger charge is -2.10. The Bertz CT molecular complexity index is 1070. The average Bonchev–Trinajstić information content (AvgIpc) is 3.15. The van der Waals surface area contributed by atoms with Crippen LogP contribution in [0.4, 0.5) is 5.69 Å². The van der Waals surface area contributed by atoms with Gasteiger partial charge in [-0.05, 0) is 30.3 Å². The predicted molar refractivity (Wildman–Crippen MR) is 115 cm³/mol. The lowest BCUT2D eigenvalue weighted by atomic mass is 10.2. The number of carbonyl (C=O) groups is 2. The standard InChI is InChI=1S/C21H22N4O5S/c1-25-18(12-30-17-10-5-4-9-16(17)28-2)23-24-21(25)31-13-19(26)22-15-8-6-7-14(11-15)20(27)29-3/h4-11H,12-13H2,1-3H3,(H,22,26). The minimum atomic E-state index is -0.465. The zero-order valence-corrected chi connectivity index (χ0v) is 18.1. The number of benzene rings is 2. The maximum Gasteiger partial charge on any atom is 0.337 e. The van der Waals surface area contributed by atoms with Crippen molar-refractivity contribution in [2.75, 3.05) is 25.3 Å². The van der Waals surface area contributed by atoms with Gasteiger partial charge < -0.3 is 24.1 Å². The number of hydrogen-bond donors (Lipinski definition) is 1. The van der Waals surface area contributed by atoms with Gasteiger partial charge in [-0.2, -0.15) is 0 Å². The largest absolute Gasteiger partial charge is 0.493 e. The van der Waals surface area contributed by atoms with Gasteiger partial charge in [-0.3, -0.25) is 4.79 Å². The van der Waals surface area contributed by atoms with E-state index in [-0.39, 0.29) is 18.3 Å². The average molecular weight is 442 g/mol. The number of esters is 1. The molecular weight excluding hydrogens is 420 g/mol. The van der Waals surface area contributed by atoms with Crippen molar-refractivity contribution in [2.45, 2.75) is 11.8 Å². The Kier molecular flexibility index (Phi) is 7.50. The van der Waals surface area contributed by atoms with Gasteiger partial charge in [0.2, 0.25) is 5.91 Å². The molecule has 31 heavy (non-hydrogen) atoms. The van der Waals surface area contributed by atoms with Crippen LogP contribution in [0.25, 0.3) is 0 Å². The third-order valence-electron chi connectivity index (χ3n) is 4.25. The van der Waals surface area contributed by atoms with E-state index in [0.29, 0.717) is 33.7 Å². The highest BCUT2D eigenvalue weighted by Crippen LogP contribution is 2.26. The number of hydrogen-bond acceptors (Lipinski definition) is 8. The number of carbonyl (C=O) groups excluding carboxylic acids is 2. The molecule has 0 spiro atoms. The number of nitrogens with zero attached hydrogens (tertiary/aromatic N) is 3. The lowest BCUT2D eigenvalue weighted by Crippen LogP contribution is -2.15. The van der Waals surface area contributed by atoms with Gasteiger partial charge in [-0.1, -0.05) is 30.0 Å².